The average molecular weight is 270 g/mol. The van der Waals surface area contributed by atoms with Gasteiger partial charge in [0.1, 0.15) is 0 Å². The van der Waals surface area contributed by atoms with Gasteiger partial charge >= 0.3 is 5.76 Å². The van der Waals surface area contributed by atoms with Crippen LogP contribution in [0.3, 0.4) is 0 Å². The number of hydrogen-bond acceptors (Lipinski definition) is 5. The van der Waals surface area contributed by atoms with Gasteiger partial charge in [0.25, 0.3) is 0 Å². The van der Waals surface area contributed by atoms with E-state index in [0.29, 0.717) is 11.1 Å². The molecule has 0 amide bonds. The first kappa shape index (κ1) is 12.4. The molecule has 1 aromatic carbocycles. The lowest BCUT2D eigenvalue weighted by Crippen LogP contribution is -2.10. The standard InChI is InChI=1S/C14H14N4O2/c1-8-13(16-6-5-15-8)9(2)17-10-3-4-12-11(7-10)18-14(19)20-12/h3-7,9,17H,1-2H3,(H,18,19). The fourth-order valence-corrected chi connectivity index (χ4v) is 2.20. The predicted molar refractivity (Wildman–Crippen MR) is 75.6 cm³/mol. The first-order valence-electron chi connectivity index (χ1n) is 6.30. The third-order valence-electron chi connectivity index (χ3n) is 3.13. The van der Waals surface area contributed by atoms with Gasteiger partial charge in [-0.05, 0) is 32.0 Å². The molecule has 0 radical (unpaired) electrons. The number of nitrogens with zero attached hydrogens (tertiary/aromatic N) is 2. The summed E-state index contributed by atoms with van der Waals surface area (Å²) in [6.07, 6.45) is 3.35. The van der Waals surface area contributed by atoms with Crippen LogP contribution in [0.4, 0.5) is 5.69 Å². The second-order valence-corrected chi connectivity index (χ2v) is 4.62. The van der Waals surface area contributed by atoms with E-state index in [1.165, 1.54) is 0 Å². The van der Waals surface area contributed by atoms with Crippen molar-refractivity contribution in [3.8, 4) is 0 Å². The van der Waals surface area contributed by atoms with Crippen molar-refractivity contribution in [2.45, 2.75) is 19.9 Å². The quantitative estimate of drug-likeness (QED) is 0.763. The number of oxazole rings is 1. The Balaban J connectivity index is 1.89. The molecule has 6 nitrogen and oxygen atoms in total. The van der Waals surface area contributed by atoms with Crippen LogP contribution >= 0.6 is 0 Å². The van der Waals surface area contributed by atoms with Crippen LogP contribution in [0.15, 0.2) is 39.8 Å². The molecule has 0 spiro atoms. The minimum absolute atomic E-state index is 0.0137. The molecule has 20 heavy (non-hydrogen) atoms. The third-order valence-corrected chi connectivity index (χ3v) is 3.13. The lowest BCUT2D eigenvalue weighted by atomic mass is 10.1. The zero-order chi connectivity index (χ0) is 14.1. The van der Waals surface area contributed by atoms with Crippen LogP contribution in [-0.4, -0.2) is 15.0 Å². The van der Waals surface area contributed by atoms with Crippen molar-refractivity contribution in [3.05, 3.63) is 52.5 Å². The zero-order valence-electron chi connectivity index (χ0n) is 11.2. The highest BCUT2D eigenvalue weighted by Gasteiger charge is 2.11. The number of nitrogens with one attached hydrogen (secondary N) is 2. The summed E-state index contributed by atoms with van der Waals surface area (Å²) in [5, 5.41) is 3.33. The summed E-state index contributed by atoms with van der Waals surface area (Å²) in [5.41, 5.74) is 3.89. The summed E-state index contributed by atoms with van der Waals surface area (Å²) in [5.74, 6) is -0.449. The summed E-state index contributed by atoms with van der Waals surface area (Å²) in [4.78, 5) is 22.3. The molecule has 0 aliphatic heterocycles. The van der Waals surface area contributed by atoms with Gasteiger partial charge in [-0.3, -0.25) is 15.0 Å². The first-order chi connectivity index (χ1) is 9.63. The van der Waals surface area contributed by atoms with Crippen molar-refractivity contribution in [2.75, 3.05) is 5.32 Å². The van der Waals surface area contributed by atoms with E-state index >= 15 is 0 Å². The van der Waals surface area contributed by atoms with Crippen molar-refractivity contribution >= 4 is 16.8 Å². The Hall–Kier alpha value is -2.63. The molecule has 0 bridgehead atoms. The molecule has 2 N–H and O–H groups in total. The molecule has 0 saturated heterocycles. The van der Waals surface area contributed by atoms with Gasteiger partial charge in [-0.2, -0.15) is 0 Å². The van der Waals surface area contributed by atoms with Gasteiger partial charge in [-0.1, -0.05) is 0 Å². The van der Waals surface area contributed by atoms with Gasteiger partial charge in [0.05, 0.1) is 22.9 Å². The van der Waals surface area contributed by atoms with Crippen molar-refractivity contribution in [1.29, 1.82) is 0 Å². The lowest BCUT2D eigenvalue weighted by molar-refractivity contribution is 0.555. The van der Waals surface area contributed by atoms with Gasteiger partial charge in [-0.15, -0.1) is 0 Å². The van der Waals surface area contributed by atoms with Gasteiger partial charge in [0.2, 0.25) is 0 Å². The van der Waals surface area contributed by atoms with E-state index < -0.39 is 5.76 Å². The number of anilines is 1. The molecular weight excluding hydrogens is 256 g/mol. The van der Waals surface area contributed by atoms with E-state index in [1.807, 2.05) is 26.0 Å². The zero-order valence-corrected chi connectivity index (χ0v) is 11.2. The number of aromatic nitrogens is 3. The highest BCUT2D eigenvalue weighted by Crippen LogP contribution is 2.21. The Morgan fingerprint density at radius 1 is 1.30 bits per heavy atom. The number of benzene rings is 1. The second-order valence-electron chi connectivity index (χ2n) is 4.62. The number of rotatable bonds is 3. The van der Waals surface area contributed by atoms with Crippen molar-refractivity contribution in [3.63, 3.8) is 0 Å². The number of aryl methyl sites for hydroxylation is 1. The van der Waals surface area contributed by atoms with E-state index in [2.05, 4.69) is 20.3 Å². The van der Waals surface area contributed by atoms with Gasteiger partial charge < -0.3 is 9.73 Å². The minimum Gasteiger partial charge on any atom is -0.408 e. The number of fused-ring (bicyclic) bond motifs is 1. The van der Waals surface area contributed by atoms with Crippen LogP contribution in [0, 0.1) is 6.92 Å². The van der Waals surface area contributed by atoms with E-state index in [9.17, 15) is 4.79 Å². The molecule has 102 valence electrons. The highest BCUT2D eigenvalue weighted by molar-refractivity contribution is 5.76. The maximum atomic E-state index is 11.1. The van der Waals surface area contributed by atoms with Crippen LogP contribution < -0.4 is 11.1 Å². The summed E-state index contributed by atoms with van der Waals surface area (Å²) in [6.45, 7) is 3.94. The normalized spacial score (nSPS) is 12.5. The molecule has 2 heterocycles. The molecule has 2 aromatic heterocycles. The maximum absolute atomic E-state index is 11.1. The third kappa shape index (κ3) is 2.27. The fraction of sp³-hybridized carbons (Fsp3) is 0.214. The van der Waals surface area contributed by atoms with E-state index in [0.717, 1.165) is 17.1 Å². The first-order valence-corrected chi connectivity index (χ1v) is 6.30. The van der Waals surface area contributed by atoms with E-state index in [4.69, 9.17) is 4.42 Å². The Morgan fingerprint density at radius 3 is 2.90 bits per heavy atom. The van der Waals surface area contributed by atoms with Crippen molar-refractivity contribution < 1.29 is 4.42 Å². The van der Waals surface area contributed by atoms with Crippen LogP contribution in [0.1, 0.15) is 24.4 Å². The smallest absolute Gasteiger partial charge is 0.408 e. The molecule has 3 rings (SSSR count). The molecule has 1 atom stereocenters. The van der Waals surface area contributed by atoms with Crippen LogP contribution in [0.2, 0.25) is 0 Å². The van der Waals surface area contributed by atoms with Gasteiger partial charge in [0, 0.05) is 18.1 Å². The molecule has 0 fully saturated rings. The molecule has 6 heteroatoms. The number of H-pyrrole nitrogens is 1. The summed E-state index contributed by atoms with van der Waals surface area (Å²) < 4.78 is 4.97. The van der Waals surface area contributed by atoms with Crippen LogP contribution in [0.25, 0.3) is 11.1 Å². The fourth-order valence-electron chi connectivity index (χ4n) is 2.20. The molecule has 0 aliphatic carbocycles. The highest BCUT2D eigenvalue weighted by atomic mass is 16.4. The topological polar surface area (TPSA) is 83.8 Å². The Kier molecular flexibility index (Phi) is 2.98. The molecule has 3 aromatic rings. The Labute approximate surface area is 114 Å². The van der Waals surface area contributed by atoms with Crippen molar-refractivity contribution in [2.24, 2.45) is 0 Å². The number of hydrogen-bond donors (Lipinski definition) is 2. The molecule has 0 aliphatic rings. The van der Waals surface area contributed by atoms with Crippen molar-refractivity contribution in [1.82, 2.24) is 15.0 Å². The SMILES string of the molecule is Cc1nccnc1C(C)Nc1ccc2oc(=O)[nH]c2c1. The average Bonchev–Trinajstić information content (AvgIpc) is 2.78. The molecule has 0 saturated carbocycles. The van der Waals surface area contributed by atoms with Crippen LogP contribution in [-0.2, 0) is 0 Å². The summed E-state index contributed by atoms with van der Waals surface area (Å²) in [7, 11) is 0. The maximum Gasteiger partial charge on any atom is 0.417 e. The van der Waals surface area contributed by atoms with E-state index in [-0.39, 0.29) is 6.04 Å². The van der Waals surface area contributed by atoms with Gasteiger partial charge in [-0.25, -0.2) is 4.79 Å². The molecular formula is C14H14N4O2. The van der Waals surface area contributed by atoms with Gasteiger partial charge in [0.15, 0.2) is 5.58 Å². The Morgan fingerprint density at radius 2 is 2.10 bits per heavy atom. The molecule has 1 unspecified atom stereocenters. The number of aromatic amines is 1. The summed E-state index contributed by atoms with van der Waals surface area (Å²) >= 11 is 0. The predicted octanol–water partition coefficient (Wildman–Crippen LogP) is 2.39. The minimum atomic E-state index is -0.449. The lowest BCUT2D eigenvalue weighted by Gasteiger charge is -2.15. The second kappa shape index (κ2) is 4.80. The Bertz CT molecular complexity index is 806. The largest absolute Gasteiger partial charge is 0.417 e. The summed E-state index contributed by atoms with van der Waals surface area (Å²) in [6, 6.07) is 5.47. The van der Waals surface area contributed by atoms with E-state index in [1.54, 1.807) is 18.5 Å². The van der Waals surface area contributed by atoms with Crippen LogP contribution in [0.5, 0.6) is 0 Å². The monoisotopic (exact) mass is 270 g/mol.